The van der Waals surface area contributed by atoms with Gasteiger partial charge in [-0.3, -0.25) is 14.5 Å². The number of nitrogens with zero attached hydrogens (tertiary/aromatic N) is 1. The first-order valence-corrected chi connectivity index (χ1v) is 12.3. The number of thiocarbonyl (C=S) groups is 1. The van der Waals surface area contributed by atoms with Crippen LogP contribution in [0.15, 0.2) is 23.1 Å². The van der Waals surface area contributed by atoms with Crippen molar-refractivity contribution in [2.45, 2.75) is 52.9 Å². The zero-order valence-electron chi connectivity index (χ0n) is 19.3. The third kappa shape index (κ3) is 8.13. The van der Waals surface area contributed by atoms with Crippen LogP contribution in [-0.2, 0) is 14.3 Å². The number of thioether (sulfide) groups is 1. The van der Waals surface area contributed by atoms with Crippen LogP contribution < -0.4 is 9.47 Å². The number of carbonyl (C=O) groups excluding carboxylic acids is 2. The third-order valence-electron chi connectivity index (χ3n) is 4.88. The maximum atomic E-state index is 12.8. The lowest BCUT2D eigenvalue weighted by Gasteiger charge is -2.14. The van der Waals surface area contributed by atoms with Crippen molar-refractivity contribution in [1.29, 1.82) is 0 Å². The third-order valence-corrected chi connectivity index (χ3v) is 6.26. The van der Waals surface area contributed by atoms with Crippen LogP contribution in [0.5, 0.6) is 11.5 Å². The molecule has 176 valence electrons. The Labute approximate surface area is 200 Å². The molecule has 32 heavy (non-hydrogen) atoms. The molecule has 1 aliphatic heterocycles. The fourth-order valence-corrected chi connectivity index (χ4v) is 4.38. The number of esters is 1. The van der Waals surface area contributed by atoms with E-state index in [-0.39, 0.29) is 11.9 Å². The zero-order chi connectivity index (χ0) is 23.5. The van der Waals surface area contributed by atoms with Gasteiger partial charge < -0.3 is 14.2 Å². The molecule has 2 rings (SSSR count). The number of unbranched alkanes of at least 4 members (excludes halogenated alkanes) is 2. The van der Waals surface area contributed by atoms with E-state index in [0.717, 1.165) is 31.2 Å². The van der Waals surface area contributed by atoms with E-state index >= 15 is 0 Å². The predicted molar refractivity (Wildman–Crippen MR) is 133 cm³/mol. The fraction of sp³-hybridized carbons (Fsp3) is 0.542. The second-order valence-electron chi connectivity index (χ2n) is 7.89. The van der Waals surface area contributed by atoms with Crippen molar-refractivity contribution < 1.29 is 23.8 Å². The molecule has 0 spiro atoms. The normalized spacial score (nSPS) is 15.0. The molecule has 1 aliphatic rings. The molecule has 0 bridgehead atoms. The van der Waals surface area contributed by atoms with Crippen molar-refractivity contribution in [3.63, 3.8) is 0 Å². The number of benzene rings is 1. The zero-order valence-corrected chi connectivity index (χ0v) is 21.0. The minimum atomic E-state index is -0.207. The number of rotatable bonds is 13. The first-order chi connectivity index (χ1) is 15.3. The first-order valence-electron chi connectivity index (χ1n) is 11.1. The number of ether oxygens (including phenoxy) is 3. The molecule has 1 fully saturated rings. The lowest BCUT2D eigenvalue weighted by Crippen LogP contribution is -2.29. The van der Waals surface area contributed by atoms with E-state index in [2.05, 4.69) is 18.6 Å². The summed E-state index contributed by atoms with van der Waals surface area (Å²) in [5.41, 5.74) is 0.864. The number of hydrogen-bond acceptors (Lipinski definition) is 7. The molecule has 0 atom stereocenters. The van der Waals surface area contributed by atoms with E-state index in [9.17, 15) is 9.59 Å². The molecule has 8 heteroatoms. The van der Waals surface area contributed by atoms with Crippen LogP contribution in [0.1, 0.15) is 58.4 Å². The van der Waals surface area contributed by atoms with Crippen LogP contribution in [0.2, 0.25) is 0 Å². The van der Waals surface area contributed by atoms with E-state index in [1.54, 1.807) is 4.90 Å². The number of methoxy groups -OCH3 is 1. The van der Waals surface area contributed by atoms with Gasteiger partial charge in [0.2, 0.25) is 0 Å². The molecule has 0 saturated carbocycles. The second kappa shape index (κ2) is 13.5. The Kier molecular flexibility index (Phi) is 11.0. The number of amides is 1. The molecule has 0 unspecified atom stereocenters. The Morgan fingerprint density at radius 3 is 2.66 bits per heavy atom. The standard InChI is InChI=1S/C24H33NO5S2/c1-5-29-20-15-18(10-11-19(20)30-14-12-17(2)3)16-21-23(27)25(24(31)32-21)13-8-6-7-9-22(26)28-4/h10-11,15-17H,5-9,12-14H2,1-4H3/b21-16+. The molecular weight excluding hydrogens is 446 g/mol. The SMILES string of the molecule is CCOc1cc(/C=C2/SC(=S)N(CCCCCC(=O)OC)C2=O)ccc1OCCC(C)C. The quantitative estimate of drug-likeness (QED) is 0.161. The van der Waals surface area contributed by atoms with Crippen LogP contribution in [0.25, 0.3) is 6.08 Å². The largest absolute Gasteiger partial charge is 0.490 e. The predicted octanol–water partition coefficient (Wildman–Crippen LogP) is 5.44. The maximum Gasteiger partial charge on any atom is 0.305 e. The molecule has 1 aromatic rings. The monoisotopic (exact) mass is 479 g/mol. The van der Waals surface area contributed by atoms with E-state index < -0.39 is 0 Å². The van der Waals surface area contributed by atoms with E-state index in [4.69, 9.17) is 21.7 Å². The topological polar surface area (TPSA) is 65.1 Å². The molecule has 1 aromatic carbocycles. The molecule has 1 saturated heterocycles. The summed E-state index contributed by atoms with van der Waals surface area (Å²) in [6.45, 7) is 7.97. The van der Waals surface area contributed by atoms with Gasteiger partial charge in [0.15, 0.2) is 11.5 Å². The maximum absolute atomic E-state index is 12.8. The van der Waals surface area contributed by atoms with Gasteiger partial charge >= 0.3 is 5.97 Å². The molecule has 1 heterocycles. The van der Waals surface area contributed by atoms with Crippen LogP contribution in [0.3, 0.4) is 0 Å². The lowest BCUT2D eigenvalue weighted by molar-refractivity contribution is -0.140. The average molecular weight is 480 g/mol. The van der Waals surface area contributed by atoms with Crippen LogP contribution in [0.4, 0.5) is 0 Å². The van der Waals surface area contributed by atoms with Crippen LogP contribution >= 0.6 is 24.0 Å². The molecular formula is C24H33NO5S2. The molecule has 1 amide bonds. The van der Waals surface area contributed by atoms with Gasteiger partial charge in [0.1, 0.15) is 4.32 Å². The highest BCUT2D eigenvalue weighted by Gasteiger charge is 2.31. The summed E-state index contributed by atoms with van der Waals surface area (Å²) >= 11 is 6.73. The summed E-state index contributed by atoms with van der Waals surface area (Å²) in [6.07, 6.45) is 5.57. The summed E-state index contributed by atoms with van der Waals surface area (Å²) in [6, 6.07) is 5.71. The lowest BCUT2D eigenvalue weighted by atomic mass is 10.1. The Hall–Kier alpha value is -2.06. The van der Waals surface area contributed by atoms with Crippen molar-refractivity contribution in [1.82, 2.24) is 4.90 Å². The van der Waals surface area contributed by atoms with Gasteiger partial charge in [0, 0.05) is 13.0 Å². The van der Waals surface area contributed by atoms with Gasteiger partial charge in [0.05, 0.1) is 25.2 Å². The minimum Gasteiger partial charge on any atom is -0.490 e. The summed E-state index contributed by atoms with van der Waals surface area (Å²) in [7, 11) is 1.39. The molecule has 0 aromatic heterocycles. The van der Waals surface area contributed by atoms with Gasteiger partial charge in [-0.15, -0.1) is 0 Å². The average Bonchev–Trinajstić information content (AvgIpc) is 3.01. The summed E-state index contributed by atoms with van der Waals surface area (Å²) in [5.74, 6) is 1.67. The summed E-state index contributed by atoms with van der Waals surface area (Å²) in [4.78, 5) is 26.3. The van der Waals surface area contributed by atoms with Crippen molar-refractivity contribution in [3.8, 4) is 11.5 Å². The Morgan fingerprint density at radius 2 is 1.97 bits per heavy atom. The van der Waals surface area contributed by atoms with Crippen molar-refractivity contribution in [2.24, 2.45) is 5.92 Å². The highest BCUT2D eigenvalue weighted by Crippen LogP contribution is 2.35. The Balaban J connectivity index is 1.99. The number of carbonyl (C=O) groups is 2. The van der Waals surface area contributed by atoms with Gasteiger partial charge in [-0.2, -0.15) is 0 Å². The van der Waals surface area contributed by atoms with Crippen molar-refractivity contribution in [3.05, 3.63) is 28.7 Å². The second-order valence-corrected chi connectivity index (χ2v) is 9.57. The van der Waals surface area contributed by atoms with Crippen LogP contribution in [-0.4, -0.2) is 48.0 Å². The first kappa shape index (κ1) is 26.2. The van der Waals surface area contributed by atoms with Gasteiger partial charge in [-0.05, 0) is 55.9 Å². The van der Waals surface area contributed by atoms with Crippen molar-refractivity contribution >= 4 is 46.3 Å². The Morgan fingerprint density at radius 1 is 1.19 bits per heavy atom. The van der Waals surface area contributed by atoms with Gasteiger partial charge in [0.25, 0.3) is 5.91 Å². The van der Waals surface area contributed by atoms with E-state index in [1.165, 1.54) is 18.9 Å². The van der Waals surface area contributed by atoms with Gasteiger partial charge in [-0.1, -0.05) is 50.3 Å². The highest BCUT2D eigenvalue weighted by atomic mass is 32.2. The summed E-state index contributed by atoms with van der Waals surface area (Å²) in [5, 5.41) is 0. The minimum absolute atomic E-state index is 0.0804. The van der Waals surface area contributed by atoms with E-state index in [1.807, 2.05) is 31.2 Å². The van der Waals surface area contributed by atoms with Crippen LogP contribution in [0, 0.1) is 5.92 Å². The molecule has 0 radical (unpaired) electrons. The highest BCUT2D eigenvalue weighted by molar-refractivity contribution is 8.26. The van der Waals surface area contributed by atoms with E-state index in [0.29, 0.717) is 52.8 Å². The molecule has 0 aliphatic carbocycles. The fourth-order valence-electron chi connectivity index (χ4n) is 3.07. The Bertz CT molecular complexity index is 838. The molecule has 0 N–H and O–H groups in total. The summed E-state index contributed by atoms with van der Waals surface area (Å²) < 4.78 is 16.9. The van der Waals surface area contributed by atoms with Crippen molar-refractivity contribution in [2.75, 3.05) is 26.9 Å². The number of hydrogen-bond donors (Lipinski definition) is 0. The molecule has 6 nitrogen and oxygen atoms in total. The smallest absolute Gasteiger partial charge is 0.305 e. The van der Waals surface area contributed by atoms with Gasteiger partial charge in [-0.25, -0.2) is 0 Å².